The predicted octanol–water partition coefficient (Wildman–Crippen LogP) is 2.87. The van der Waals surface area contributed by atoms with E-state index in [4.69, 9.17) is 4.74 Å². The van der Waals surface area contributed by atoms with Gasteiger partial charge in [-0.1, -0.05) is 31.2 Å². The van der Waals surface area contributed by atoms with E-state index < -0.39 is 17.4 Å². The van der Waals surface area contributed by atoms with Crippen molar-refractivity contribution in [3.63, 3.8) is 0 Å². The third-order valence-corrected chi connectivity index (χ3v) is 2.85. The first-order valence-electron chi connectivity index (χ1n) is 6.53. The number of Topliss-reactive ketones (excluding diaryl/α,β-unsaturated/α-hetero) is 1. The van der Waals surface area contributed by atoms with E-state index in [-0.39, 0.29) is 11.3 Å². The summed E-state index contributed by atoms with van der Waals surface area (Å²) in [7, 11) is 1.24. The monoisotopic (exact) mass is 276 g/mol. The summed E-state index contributed by atoms with van der Waals surface area (Å²) in [5.74, 6) is -0.820. The van der Waals surface area contributed by atoms with Crippen LogP contribution in [0.4, 0.5) is 0 Å². The molecule has 20 heavy (non-hydrogen) atoms. The highest BCUT2D eigenvalue weighted by molar-refractivity contribution is 6.23. The lowest BCUT2D eigenvalue weighted by atomic mass is 9.96. The summed E-state index contributed by atoms with van der Waals surface area (Å²) in [4.78, 5) is 24.1. The van der Waals surface area contributed by atoms with Gasteiger partial charge in [-0.15, -0.1) is 0 Å². The smallest absolute Gasteiger partial charge is 0.345 e. The van der Waals surface area contributed by atoms with Gasteiger partial charge < -0.3 is 9.47 Å². The first-order chi connectivity index (χ1) is 9.50. The molecule has 0 aromatic carbocycles. The Labute approximate surface area is 119 Å². The van der Waals surface area contributed by atoms with Crippen LogP contribution in [0, 0.1) is 0 Å². The molecule has 4 heteroatoms. The number of hydrogen-bond donors (Lipinski definition) is 0. The molecule has 0 unspecified atom stereocenters. The summed E-state index contributed by atoms with van der Waals surface area (Å²) in [6.07, 6.45) is 11.4. The van der Waals surface area contributed by atoms with Gasteiger partial charge in [0, 0.05) is 0 Å². The number of methoxy groups -OCH3 is 1. The first kappa shape index (κ1) is 16.0. The van der Waals surface area contributed by atoms with Crippen molar-refractivity contribution in [3.8, 4) is 0 Å². The molecular formula is C16H20O4. The minimum absolute atomic E-state index is 0.0442. The summed E-state index contributed by atoms with van der Waals surface area (Å²) in [5, 5.41) is 0. The summed E-state index contributed by atoms with van der Waals surface area (Å²) in [6.45, 7) is 5.43. The van der Waals surface area contributed by atoms with Crippen molar-refractivity contribution in [1.82, 2.24) is 0 Å². The molecule has 108 valence electrons. The SMILES string of the molecule is C/C=C/C1=C(C(=O)OC)C(=O)[C@](C)(/C=C/C=C/CC)O1. The molecule has 1 atom stereocenters. The number of esters is 1. The average Bonchev–Trinajstić information content (AvgIpc) is 2.67. The number of carbonyl (C=O) groups is 2. The van der Waals surface area contributed by atoms with Gasteiger partial charge in [0.2, 0.25) is 5.78 Å². The third kappa shape index (κ3) is 3.26. The second-order valence-corrected chi connectivity index (χ2v) is 4.46. The van der Waals surface area contributed by atoms with Gasteiger partial charge in [-0.05, 0) is 32.4 Å². The molecule has 4 nitrogen and oxygen atoms in total. The number of carbonyl (C=O) groups excluding carboxylic acids is 2. The Kier molecular flexibility index (Phi) is 5.50. The van der Waals surface area contributed by atoms with Crippen LogP contribution in [-0.4, -0.2) is 24.5 Å². The molecular weight excluding hydrogens is 256 g/mol. The Morgan fingerprint density at radius 3 is 2.65 bits per heavy atom. The molecule has 1 heterocycles. The van der Waals surface area contributed by atoms with Gasteiger partial charge in [0.05, 0.1) is 7.11 Å². The van der Waals surface area contributed by atoms with E-state index in [1.54, 1.807) is 38.2 Å². The van der Waals surface area contributed by atoms with E-state index in [9.17, 15) is 9.59 Å². The summed E-state index contributed by atoms with van der Waals surface area (Å²) in [5.41, 5.74) is -1.21. The highest BCUT2D eigenvalue weighted by atomic mass is 16.5. The zero-order valence-electron chi connectivity index (χ0n) is 12.3. The van der Waals surface area contributed by atoms with Crippen LogP contribution in [0.5, 0.6) is 0 Å². The predicted molar refractivity (Wildman–Crippen MR) is 76.9 cm³/mol. The van der Waals surface area contributed by atoms with Gasteiger partial charge in [-0.3, -0.25) is 4.79 Å². The fourth-order valence-corrected chi connectivity index (χ4v) is 1.81. The van der Waals surface area contributed by atoms with Crippen LogP contribution in [-0.2, 0) is 19.1 Å². The number of ketones is 1. The van der Waals surface area contributed by atoms with E-state index in [1.165, 1.54) is 7.11 Å². The van der Waals surface area contributed by atoms with E-state index in [2.05, 4.69) is 4.74 Å². The molecule has 1 aliphatic heterocycles. The highest BCUT2D eigenvalue weighted by Gasteiger charge is 2.46. The minimum Gasteiger partial charge on any atom is -0.474 e. The lowest BCUT2D eigenvalue weighted by Crippen LogP contribution is -2.32. The van der Waals surface area contributed by atoms with Crippen molar-refractivity contribution in [1.29, 1.82) is 0 Å². The summed E-state index contributed by atoms with van der Waals surface area (Å²) in [6, 6.07) is 0. The van der Waals surface area contributed by atoms with Crippen LogP contribution in [0.1, 0.15) is 27.2 Å². The zero-order chi connectivity index (χ0) is 15.2. The number of hydrogen-bond acceptors (Lipinski definition) is 4. The minimum atomic E-state index is -1.17. The number of ether oxygens (including phenoxy) is 2. The normalized spacial score (nSPS) is 23.3. The lowest BCUT2D eigenvalue weighted by Gasteiger charge is -2.18. The van der Waals surface area contributed by atoms with Crippen molar-refractivity contribution >= 4 is 11.8 Å². The Hall–Kier alpha value is -2.10. The Morgan fingerprint density at radius 2 is 2.10 bits per heavy atom. The van der Waals surface area contributed by atoms with Crippen LogP contribution in [0.25, 0.3) is 0 Å². The van der Waals surface area contributed by atoms with Gasteiger partial charge in [0.1, 0.15) is 11.3 Å². The van der Waals surface area contributed by atoms with Crippen molar-refractivity contribution in [2.45, 2.75) is 32.8 Å². The van der Waals surface area contributed by atoms with Crippen molar-refractivity contribution < 1.29 is 19.1 Å². The number of allylic oxidation sites excluding steroid dienone is 5. The highest BCUT2D eigenvalue weighted by Crippen LogP contribution is 2.33. The van der Waals surface area contributed by atoms with Gasteiger partial charge in [0.25, 0.3) is 0 Å². The molecule has 0 aromatic rings. The molecule has 0 fully saturated rings. The van der Waals surface area contributed by atoms with Crippen LogP contribution >= 0.6 is 0 Å². The molecule has 0 saturated carbocycles. The molecule has 0 radical (unpaired) electrons. The first-order valence-corrected chi connectivity index (χ1v) is 6.53. The average molecular weight is 276 g/mol. The molecule has 0 bridgehead atoms. The molecule has 0 N–H and O–H groups in total. The molecule has 0 spiro atoms. The van der Waals surface area contributed by atoms with Gasteiger partial charge >= 0.3 is 5.97 Å². The number of rotatable bonds is 5. The van der Waals surface area contributed by atoms with Crippen molar-refractivity contribution in [2.24, 2.45) is 0 Å². The molecule has 0 amide bonds. The lowest BCUT2D eigenvalue weighted by molar-refractivity contribution is -0.138. The summed E-state index contributed by atoms with van der Waals surface area (Å²) >= 11 is 0. The molecule has 1 aliphatic rings. The molecule has 0 aromatic heterocycles. The molecule has 0 aliphatic carbocycles. The maximum atomic E-state index is 12.4. The quantitative estimate of drug-likeness (QED) is 0.440. The maximum absolute atomic E-state index is 12.4. The second-order valence-electron chi connectivity index (χ2n) is 4.46. The summed E-state index contributed by atoms with van der Waals surface area (Å²) < 4.78 is 10.3. The second kappa shape index (κ2) is 6.89. The fraction of sp³-hybridized carbons (Fsp3) is 0.375. The fourth-order valence-electron chi connectivity index (χ4n) is 1.81. The van der Waals surface area contributed by atoms with Gasteiger partial charge in [-0.25, -0.2) is 4.79 Å². The van der Waals surface area contributed by atoms with E-state index in [0.717, 1.165) is 6.42 Å². The third-order valence-electron chi connectivity index (χ3n) is 2.85. The van der Waals surface area contributed by atoms with Gasteiger partial charge in [-0.2, -0.15) is 0 Å². The largest absolute Gasteiger partial charge is 0.474 e. The Balaban J connectivity index is 3.09. The van der Waals surface area contributed by atoms with E-state index in [1.807, 2.05) is 19.1 Å². The van der Waals surface area contributed by atoms with E-state index >= 15 is 0 Å². The maximum Gasteiger partial charge on any atom is 0.345 e. The van der Waals surface area contributed by atoms with Crippen LogP contribution in [0.2, 0.25) is 0 Å². The Bertz CT molecular complexity index is 509. The zero-order valence-corrected chi connectivity index (χ0v) is 12.3. The Morgan fingerprint density at radius 1 is 1.40 bits per heavy atom. The van der Waals surface area contributed by atoms with Crippen molar-refractivity contribution in [2.75, 3.05) is 7.11 Å². The van der Waals surface area contributed by atoms with Crippen LogP contribution < -0.4 is 0 Å². The molecule has 0 saturated heterocycles. The van der Waals surface area contributed by atoms with Crippen molar-refractivity contribution in [3.05, 3.63) is 47.8 Å². The van der Waals surface area contributed by atoms with Crippen LogP contribution in [0.15, 0.2) is 47.8 Å². The molecule has 1 rings (SSSR count). The van der Waals surface area contributed by atoms with Crippen LogP contribution in [0.3, 0.4) is 0 Å². The topological polar surface area (TPSA) is 52.6 Å². The van der Waals surface area contributed by atoms with Gasteiger partial charge in [0.15, 0.2) is 5.60 Å². The standard InChI is InChI=1S/C16H20O4/c1-5-7-8-9-11-16(3)14(17)13(15(18)19-4)12(20-16)10-6-2/h6-11H,5H2,1-4H3/b8-7+,10-6+,11-9+/t16-/m0/s1. The van der Waals surface area contributed by atoms with E-state index in [0.29, 0.717) is 0 Å².